The van der Waals surface area contributed by atoms with E-state index in [1.807, 2.05) is 36.7 Å². The van der Waals surface area contributed by atoms with Crippen LogP contribution in [0.15, 0.2) is 42.7 Å². The first-order valence-electron chi connectivity index (χ1n) is 6.70. The fourth-order valence-electron chi connectivity index (χ4n) is 2.39. The molecule has 1 fully saturated rings. The second-order valence-corrected chi connectivity index (χ2v) is 4.71. The maximum atomic E-state index is 5.32. The first kappa shape index (κ1) is 12.7. The van der Waals surface area contributed by atoms with Crippen LogP contribution >= 0.6 is 0 Å². The van der Waals surface area contributed by atoms with E-state index >= 15 is 0 Å². The highest BCUT2D eigenvalue weighted by atomic mass is 15.3. The van der Waals surface area contributed by atoms with Crippen LogP contribution in [0.2, 0.25) is 0 Å². The van der Waals surface area contributed by atoms with E-state index in [9.17, 15) is 0 Å². The Balaban J connectivity index is 1.63. The minimum absolute atomic E-state index is 0.681. The van der Waals surface area contributed by atoms with Crippen molar-refractivity contribution in [1.82, 2.24) is 9.97 Å². The van der Waals surface area contributed by atoms with Gasteiger partial charge in [0, 0.05) is 32.4 Å². The molecule has 0 saturated carbocycles. The minimum Gasteiger partial charge on any atom is -0.367 e. The van der Waals surface area contributed by atoms with E-state index in [0.717, 1.165) is 37.7 Å². The van der Waals surface area contributed by atoms with Crippen molar-refractivity contribution in [2.45, 2.75) is 0 Å². The van der Waals surface area contributed by atoms with E-state index < -0.39 is 0 Å². The number of piperazine rings is 1. The van der Waals surface area contributed by atoms with Crippen LogP contribution < -0.4 is 21.1 Å². The van der Waals surface area contributed by atoms with Crippen molar-refractivity contribution in [1.29, 1.82) is 0 Å². The predicted molar refractivity (Wildman–Crippen MR) is 80.7 cm³/mol. The summed E-state index contributed by atoms with van der Waals surface area (Å²) < 4.78 is 0. The Kier molecular flexibility index (Phi) is 3.64. The molecule has 0 aliphatic carbocycles. The Bertz CT molecular complexity index is 533. The van der Waals surface area contributed by atoms with Gasteiger partial charge in [-0.1, -0.05) is 6.07 Å². The third kappa shape index (κ3) is 2.65. The lowest BCUT2D eigenvalue weighted by atomic mass is 10.2. The van der Waals surface area contributed by atoms with Gasteiger partial charge in [-0.2, -0.15) is 0 Å². The highest BCUT2D eigenvalue weighted by molar-refractivity contribution is 5.51. The highest BCUT2D eigenvalue weighted by Gasteiger charge is 2.18. The average molecular weight is 270 g/mol. The van der Waals surface area contributed by atoms with Gasteiger partial charge in [0.2, 0.25) is 0 Å². The Morgan fingerprint density at radius 1 is 0.950 bits per heavy atom. The molecule has 3 N–H and O–H groups in total. The number of hydrazine groups is 1. The van der Waals surface area contributed by atoms with Crippen LogP contribution in [0.5, 0.6) is 0 Å². The molecule has 0 aromatic carbocycles. The smallest absolute Gasteiger partial charge is 0.140 e. The van der Waals surface area contributed by atoms with E-state index in [-0.39, 0.29) is 0 Å². The first-order chi connectivity index (χ1) is 9.86. The van der Waals surface area contributed by atoms with Gasteiger partial charge in [-0.25, -0.2) is 15.8 Å². The zero-order valence-electron chi connectivity index (χ0n) is 11.2. The fraction of sp³-hybridized carbons (Fsp3) is 0.286. The van der Waals surface area contributed by atoms with Crippen molar-refractivity contribution >= 4 is 17.3 Å². The number of aromatic nitrogens is 2. The molecule has 6 nitrogen and oxygen atoms in total. The van der Waals surface area contributed by atoms with Gasteiger partial charge in [0.05, 0.1) is 11.9 Å². The average Bonchev–Trinajstić information content (AvgIpc) is 2.56. The normalized spacial score (nSPS) is 15.2. The monoisotopic (exact) mass is 270 g/mol. The summed E-state index contributed by atoms with van der Waals surface area (Å²) in [5.74, 6) is 7.05. The summed E-state index contributed by atoms with van der Waals surface area (Å²) in [5, 5.41) is 0. The number of rotatable bonds is 3. The van der Waals surface area contributed by atoms with Crippen molar-refractivity contribution in [3.8, 4) is 0 Å². The van der Waals surface area contributed by atoms with Crippen LogP contribution in [-0.4, -0.2) is 36.1 Å². The van der Waals surface area contributed by atoms with E-state index in [1.54, 1.807) is 0 Å². The molecular formula is C14H18N6. The Morgan fingerprint density at radius 2 is 1.75 bits per heavy atom. The second-order valence-electron chi connectivity index (χ2n) is 4.71. The van der Waals surface area contributed by atoms with Gasteiger partial charge in [0.15, 0.2) is 0 Å². The molecule has 1 aliphatic rings. The van der Waals surface area contributed by atoms with Crippen molar-refractivity contribution in [3.63, 3.8) is 0 Å². The maximum Gasteiger partial charge on any atom is 0.140 e. The van der Waals surface area contributed by atoms with Crippen LogP contribution in [-0.2, 0) is 0 Å². The molecule has 104 valence electrons. The number of nitrogens with zero attached hydrogens (tertiary/aromatic N) is 4. The second kappa shape index (κ2) is 5.75. The van der Waals surface area contributed by atoms with Gasteiger partial charge in [0.1, 0.15) is 11.6 Å². The third-order valence-corrected chi connectivity index (χ3v) is 3.51. The molecule has 2 aromatic rings. The molecule has 3 rings (SSSR count). The molecule has 1 saturated heterocycles. The van der Waals surface area contributed by atoms with Crippen LogP contribution in [0.1, 0.15) is 0 Å². The fourth-order valence-corrected chi connectivity index (χ4v) is 2.39. The first-order valence-corrected chi connectivity index (χ1v) is 6.70. The molecule has 0 amide bonds. The lowest BCUT2D eigenvalue weighted by molar-refractivity contribution is 0.647. The molecule has 0 bridgehead atoms. The Morgan fingerprint density at radius 3 is 2.35 bits per heavy atom. The molecule has 2 aromatic heterocycles. The molecule has 1 aliphatic heterocycles. The van der Waals surface area contributed by atoms with Crippen molar-refractivity contribution < 1.29 is 0 Å². The molecule has 0 spiro atoms. The third-order valence-electron chi connectivity index (χ3n) is 3.51. The summed E-state index contributed by atoms with van der Waals surface area (Å²) in [6.45, 7) is 3.86. The summed E-state index contributed by atoms with van der Waals surface area (Å²) in [4.78, 5) is 13.3. The zero-order chi connectivity index (χ0) is 13.8. The van der Waals surface area contributed by atoms with E-state index in [0.29, 0.717) is 5.82 Å². The van der Waals surface area contributed by atoms with Crippen molar-refractivity contribution in [2.24, 2.45) is 5.84 Å². The topological polar surface area (TPSA) is 70.3 Å². The summed E-state index contributed by atoms with van der Waals surface area (Å²) in [7, 11) is 0. The SMILES string of the molecule is NNc1ccc(N2CCN(c3ccccn3)CC2)cn1. The Hall–Kier alpha value is -2.34. The van der Waals surface area contributed by atoms with Crippen LogP contribution in [0.4, 0.5) is 17.3 Å². The molecule has 0 radical (unpaired) electrons. The number of nitrogens with one attached hydrogen (secondary N) is 1. The lowest BCUT2D eigenvalue weighted by Crippen LogP contribution is -2.46. The summed E-state index contributed by atoms with van der Waals surface area (Å²) in [5.41, 5.74) is 3.67. The summed E-state index contributed by atoms with van der Waals surface area (Å²) in [6, 6.07) is 9.95. The number of nitrogens with two attached hydrogens (primary N) is 1. The maximum absolute atomic E-state index is 5.32. The van der Waals surface area contributed by atoms with Gasteiger partial charge in [0.25, 0.3) is 0 Å². The van der Waals surface area contributed by atoms with Crippen LogP contribution in [0.3, 0.4) is 0 Å². The van der Waals surface area contributed by atoms with Gasteiger partial charge >= 0.3 is 0 Å². The zero-order valence-corrected chi connectivity index (χ0v) is 11.2. The molecular weight excluding hydrogens is 252 g/mol. The number of anilines is 3. The van der Waals surface area contributed by atoms with E-state index in [2.05, 4.69) is 31.3 Å². The minimum atomic E-state index is 0.681. The van der Waals surface area contributed by atoms with Crippen LogP contribution in [0, 0.1) is 0 Å². The number of hydrogen-bond donors (Lipinski definition) is 2. The largest absolute Gasteiger partial charge is 0.367 e. The molecule has 0 unspecified atom stereocenters. The number of pyridine rings is 2. The van der Waals surface area contributed by atoms with Crippen LogP contribution in [0.25, 0.3) is 0 Å². The molecule has 6 heteroatoms. The van der Waals surface area contributed by atoms with Gasteiger partial charge in [-0.05, 0) is 24.3 Å². The van der Waals surface area contributed by atoms with Crippen molar-refractivity contribution in [2.75, 3.05) is 41.4 Å². The Labute approximate surface area is 118 Å². The molecule has 0 atom stereocenters. The molecule has 3 heterocycles. The van der Waals surface area contributed by atoms with Gasteiger partial charge < -0.3 is 15.2 Å². The predicted octanol–water partition coefficient (Wildman–Crippen LogP) is 1.09. The number of hydrogen-bond acceptors (Lipinski definition) is 6. The summed E-state index contributed by atoms with van der Waals surface area (Å²) in [6.07, 6.45) is 3.69. The standard InChI is InChI=1S/C14H18N6/c15-18-13-5-4-12(11-17-13)19-7-9-20(10-8-19)14-3-1-2-6-16-14/h1-6,11H,7-10,15H2,(H,17,18). The lowest BCUT2D eigenvalue weighted by Gasteiger charge is -2.36. The quantitative estimate of drug-likeness (QED) is 0.642. The van der Waals surface area contributed by atoms with E-state index in [4.69, 9.17) is 5.84 Å². The van der Waals surface area contributed by atoms with E-state index in [1.165, 1.54) is 0 Å². The summed E-state index contributed by atoms with van der Waals surface area (Å²) >= 11 is 0. The van der Waals surface area contributed by atoms with Gasteiger partial charge in [-0.3, -0.25) is 0 Å². The molecule has 20 heavy (non-hydrogen) atoms. The highest BCUT2D eigenvalue weighted by Crippen LogP contribution is 2.19. The number of nitrogen functional groups attached to an aromatic ring is 1. The van der Waals surface area contributed by atoms with Gasteiger partial charge in [-0.15, -0.1) is 0 Å². The van der Waals surface area contributed by atoms with Crippen molar-refractivity contribution in [3.05, 3.63) is 42.7 Å².